The number of anilines is 1. The maximum Gasteiger partial charge on any atom is 0.257 e. The smallest absolute Gasteiger partial charge is 0.257 e. The molecule has 0 bridgehead atoms. The number of benzene rings is 1. The minimum absolute atomic E-state index is 0.0433. The van der Waals surface area contributed by atoms with Crippen molar-refractivity contribution in [1.29, 1.82) is 0 Å². The van der Waals surface area contributed by atoms with E-state index in [1.54, 1.807) is 11.3 Å². The number of carbonyl (C=O) groups is 1. The number of rotatable bonds is 3. The van der Waals surface area contributed by atoms with Crippen LogP contribution in [0, 0.1) is 11.6 Å². The van der Waals surface area contributed by atoms with E-state index in [0.717, 1.165) is 22.7 Å². The fourth-order valence-corrected chi connectivity index (χ4v) is 3.14. The number of amides is 1. The summed E-state index contributed by atoms with van der Waals surface area (Å²) in [6, 6.07) is 6.85. The van der Waals surface area contributed by atoms with E-state index in [2.05, 4.69) is 10.3 Å². The number of hydrogen-bond donors (Lipinski definition) is 1. The highest BCUT2D eigenvalue weighted by Crippen LogP contribution is 2.28. The van der Waals surface area contributed by atoms with Gasteiger partial charge in [-0.3, -0.25) is 10.1 Å². The number of hydrogen-bond acceptors (Lipinski definition) is 4. The van der Waals surface area contributed by atoms with Crippen LogP contribution in [0.2, 0.25) is 0 Å². The van der Waals surface area contributed by atoms with Gasteiger partial charge < -0.3 is 0 Å². The first-order valence-corrected chi connectivity index (χ1v) is 7.65. The molecule has 2 aromatic heterocycles. The molecule has 0 aliphatic carbocycles. The van der Waals surface area contributed by atoms with Crippen LogP contribution < -0.4 is 5.32 Å². The number of aromatic nitrogens is 1. The Bertz CT molecular complexity index is 784. The van der Waals surface area contributed by atoms with E-state index in [-0.39, 0.29) is 5.56 Å². The molecule has 0 spiro atoms. The van der Waals surface area contributed by atoms with Crippen LogP contribution in [0.5, 0.6) is 0 Å². The minimum Gasteiger partial charge on any atom is -0.298 e. The zero-order chi connectivity index (χ0) is 14.8. The molecule has 7 heteroatoms. The minimum atomic E-state index is -1.05. The maximum absolute atomic E-state index is 13.1. The predicted molar refractivity (Wildman–Crippen MR) is 79.7 cm³/mol. The van der Waals surface area contributed by atoms with Gasteiger partial charge in [-0.25, -0.2) is 13.8 Å². The number of nitrogens with one attached hydrogen (secondary N) is 1. The van der Waals surface area contributed by atoms with Gasteiger partial charge in [-0.05, 0) is 29.6 Å². The standard InChI is InChI=1S/C14H8F2N2OS2/c15-9-4-3-8(6-10(9)16)13(19)18-14-17-11(7-21-14)12-2-1-5-20-12/h1-7H,(H,17,18,19). The molecular formula is C14H8F2N2OS2. The van der Waals surface area contributed by atoms with Crippen molar-refractivity contribution in [2.45, 2.75) is 0 Å². The second kappa shape index (κ2) is 5.71. The zero-order valence-corrected chi connectivity index (χ0v) is 12.1. The zero-order valence-electron chi connectivity index (χ0n) is 10.5. The molecule has 0 unspecified atom stereocenters. The summed E-state index contributed by atoms with van der Waals surface area (Å²) in [5, 5.41) is 6.75. The molecule has 106 valence electrons. The first-order valence-electron chi connectivity index (χ1n) is 5.89. The highest BCUT2D eigenvalue weighted by atomic mass is 32.1. The van der Waals surface area contributed by atoms with Gasteiger partial charge in [0, 0.05) is 10.9 Å². The third-order valence-corrected chi connectivity index (χ3v) is 4.33. The molecule has 3 rings (SSSR count). The molecule has 3 nitrogen and oxygen atoms in total. The van der Waals surface area contributed by atoms with Gasteiger partial charge >= 0.3 is 0 Å². The molecule has 1 amide bonds. The summed E-state index contributed by atoms with van der Waals surface area (Å²) in [7, 11) is 0. The maximum atomic E-state index is 13.1. The van der Waals surface area contributed by atoms with Crippen LogP contribution in [-0.4, -0.2) is 10.9 Å². The highest BCUT2D eigenvalue weighted by Gasteiger charge is 2.12. The van der Waals surface area contributed by atoms with Crippen LogP contribution in [0.3, 0.4) is 0 Å². The van der Waals surface area contributed by atoms with Crippen molar-refractivity contribution in [2.75, 3.05) is 5.32 Å². The molecule has 3 aromatic rings. The van der Waals surface area contributed by atoms with Crippen LogP contribution >= 0.6 is 22.7 Å². The molecule has 0 saturated heterocycles. The largest absolute Gasteiger partial charge is 0.298 e. The lowest BCUT2D eigenvalue weighted by atomic mass is 10.2. The third-order valence-electron chi connectivity index (χ3n) is 2.68. The molecule has 0 fully saturated rings. The van der Waals surface area contributed by atoms with Crippen molar-refractivity contribution in [3.8, 4) is 10.6 Å². The van der Waals surface area contributed by atoms with Gasteiger partial charge in [0.1, 0.15) is 0 Å². The fraction of sp³-hybridized carbons (Fsp3) is 0. The summed E-state index contributed by atoms with van der Waals surface area (Å²) >= 11 is 2.82. The van der Waals surface area contributed by atoms with Gasteiger partial charge in [0.15, 0.2) is 16.8 Å². The molecular weight excluding hydrogens is 314 g/mol. The van der Waals surface area contributed by atoms with Crippen molar-refractivity contribution in [3.63, 3.8) is 0 Å². The number of halogens is 2. The number of thiophene rings is 1. The van der Waals surface area contributed by atoms with Crippen molar-refractivity contribution < 1.29 is 13.6 Å². The van der Waals surface area contributed by atoms with Gasteiger partial charge in [-0.1, -0.05) is 6.07 Å². The molecule has 2 heterocycles. The Morgan fingerprint density at radius 1 is 1.14 bits per heavy atom. The van der Waals surface area contributed by atoms with E-state index in [1.807, 2.05) is 22.9 Å². The SMILES string of the molecule is O=C(Nc1nc(-c2cccs2)cs1)c1ccc(F)c(F)c1. The summed E-state index contributed by atoms with van der Waals surface area (Å²) in [4.78, 5) is 17.2. The Kier molecular flexibility index (Phi) is 3.76. The Balaban J connectivity index is 1.77. The number of carbonyl (C=O) groups excluding carboxylic acids is 1. The molecule has 0 aliphatic heterocycles. The molecule has 0 saturated carbocycles. The third kappa shape index (κ3) is 2.98. The molecule has 1 aromatic carbocycles. The Morgan fingerprint density at radius 3 is 2.71 bits per heavy atom. The van der Waals surface area contributed by atoms with E-state index >= 15 is 0 Å². The van der Waals surface area contributed by atoms with Crippen molar-refractivity contribution in [2.24, 2.45) is 0 Å². The van der Waals surface area contributed by atoms with Gasteiger partial charge in [-0.15, -0.1) is 22.7 Å². The van der Waals surface area contributed by atoms with Crippen LogP contribution in [0.25, 0.3) is 10.6 Å². The van der Waals surface area contributed by atoms with Crippen LogP contribution in [0.1, 0.15) is 10.4 Å². The van der Waals surface area contributed by atoms with E-state index in [0.29, 0.717) is 5.13 Å². The summed E-state index contributed by atoms with van der Waals surface area (Å²) in [5.74, 6) is -2.57. The van der Waals surface area contributed by atoms with Crippen LogP contribution in [0.4, 0.5) is 13.9 Å². The van der Waals surface area contributed by atoms with Crippen LogP contribution in [-0.2, 0) is 0 Å². The van der Waals surface area contributed by atoms with Crippen molar-refractivity contribution >= 4 is 33.7 Å². The monoisotopic (exact) mass is 322 g/mol. The molecule has 21 heavy (non-hydrogen) atoms. The summed E-state index contributed by atoms with van der Waals surface area (Å²) in [6.07, 6.45) is 0. The van der Waals surface area contributed by atoms with Gasteiger partial charge in [0.25, 0.3) is 5.91 Å². The average molecular weight is 322 g/mol. The topological polar surface area (TPSA) is 42.0 Å². The Hall–Kier alpha value is -2.12. The second-order valence-corrected chi connectivity index (χ2v) is 5.90. The number of thiazole rings is 1. The average Bonchev–Trinajstić information content (AvgIpc) is 3.12. The highest BCUT2D eigenvalue weighted by molar-refractivity contribution is 7.16. The predicted octanol–water partition coefficient (Wildman–Crippen LogP) is 4.40. The molecule has 0 aliphatic rings. The fourth-order valence-electron chi connectivity index (χ4n) is 1.68. The molecule has 0 atom stereocenters. The van der Waals surface area contributed by atoms with Crippen molar-refractivity contribution in [1.82, 2.24) is 4.98 Å². The van der Waals surface area contributed by atoms with E-state index in [4.69, 9.17) is 0 Å². The summed E-state index contributed by atoms with van der Waals surface area (Å²) in [5.41, 5.74) is 0.817. The molecule has 0 radical (unpaired) electrons. The normalized spacial score (nSPS) is 10.6. The Morgan fingerprint density at radius 2 is 2.00 bits per heavy atom. The van der Waals surface area contributed by atoms with E-state index in [9.17, 15) is 13.6 Å². The van der Waals surface area contributed by atoms with Gasteiger partial charge in [-0.2, -0.15) is 0 Å². The lowest BCUT2D eigenvalue weighted by Crippen LogP contribution is -2.12. The quantitative estimate of drug-likeness (QED) is 0.776. The lowest BCUT2D eigenvalue weighted by molar-refractivity contribution is 0.102. The van der Waals surface area contributed by atoms with E-state index < -0.39 is 17.5 Å². The van der Waals surface area contributed by atoms with Crippen molar-refractivity contribution in [3.05, 3.63) is 58.3 Å². The first-order chi connectivity index (χ1) is 10.1. The van der Waals surface area contributed by atoms with E-state index in [1.165, 1.54) is 17.4 Å². The van der Waals surface area contributed by atoms with Crippen LogP contribution in [0.15, 0.2) is 41.1 Å². The number of nitrogens with zero attached hydrogens (tertiary/aromatic N) is 1. The molecule has 1 N–H and O–H groups in total. The Labute approximate surface area is 126 Å². The lowest BCUT2D eigenvalue weighted by Gasteiger charge is -2.02. The first kappa shape index (κ1) is 13.8. The van der Waals surface area contributed by atoms with Gasteiger partial charge in [0.2, 0.25) is 0 Å². The summed E-state index contributed by atoms with van der Waals surface area (Å²) in [6.45, 7) is 0. The summed E-state index contributed by atoms with van der Waals surface area (Å²) < 4.78 is 25.9. The van der Waals surface area contributed by atoms with Gasteiger partial charge in [0.05, 0.1) is 10.6 Å². The second-order valence-electron chi connectivity index (χ2n) is 4.10.